The SMILES string of the molecule is CS(=O)CC(Cl)(Cl)CO. The molecule has 0 aromatic carbocycles. The summed E-state index contributed by atoms with van der Waals surface area (Å²) >= 11 is 10.9. The van der Waals surface area contributed by atoms with Crippen molar-refractivity contribution in [2.45, 2.75) is 4.33 Å². The lowest BCUT2D eigenvalue weighted by atomic mass is 10.5. The van der Waals surface area contributed by atoms with Crippen molar-refractivity contribution in [3.8, 4) is 0 Å². The van der Waals surface area contributed by atoms with E-state index in [1.807, 2.05) is 0 Å². The van der Waals surface area contributed by atoms with Crippen molar-refractivity contribution in [1.29, 1.82) is 0 Å². The minimum atomic E-state index is -1.24. The lowest BCUT2D eigenvalue weighted by molar-refractivity contribution is 0.287. The van der Waals surface area contributed by atoms with E-state index in [1.165, 1.54) is 6.26 Å². The van der Waals surface area contributed by atoms with Crippen molar-refractivity contribution in [2.75, 3.05) is 18.6 Å². The van der Waals surface area contributed by atoms with E-state index in [0.717, 1.165) is 0 Å². The Hall–Kier alpha value is 0.690. The maximum Gasteiger partial charge on any atom is 0.152 e. The molecule has 0 amide bonds. The van der Waals surface area contributed by atoms with E-state index in [9.17, 15) is 4.21 Å². The third kappa shape index (κ3) is 5.15. The molecule has 0 rings (SSSR count). The summed E-state index contributed by atoms with van der Waals surface area (Å²) in [6, 6.07) is 0. The second-order valence-electron chi connectivity index (χ2n) is 1.73. The lowest BCUT2D eigenvalue weighted by Crippen LogP contribution is -2.25. The Balaban J connectivity index is 3.71. The second kappa shape index (κ2) is 3.76. The highest BCUT2D eigenvalue weighted by molar-refractivity contribution is 7.84. The maximum atomic E-state index is 10.4. The van der Waals surface area contributed by atoms with E-state index < -0.39 is 15.1 Å². The van der Waals surface area contributed by atoms with Gasteiger partial charge in [-0.2, -0.15) is 0 Å². The molecule has 0 aliphatic rings. The zero-order valence-corrected chi connectivity index (χ0v) is 7.26. The lowest BCUT2D eigenvalue weighted by Gasteiger charge is -2.12. The van der Waals surface area contributed by atoms with Crippen LogP contribution in [-0.4, -0.2) is 32.3 Å². The number of hydrogen-bond donors (Lipinski definition) is 1. The third-order valence-electron chi connectivity index (χ3n) is 0.646. The molecule has 1 unspecified atom stereocenters. The van der Waals surface area contributed by atoms with Crippen LogP contribution in [0.3, 0.4) is 0 Å². The first-order valence-electron chi connectivity index (χ1n) is 2.26. The molecular formula is C4H8Cl2O2S. The zero-order valence-electron chi connectivity index (χ0n) is 4.93. The monoisotopic (exact) mass is 190 g/mol. The summed E-state index contributed by atoms with van der Waals surface area (Å²) in [7, 11) is -1.06. The van der Waals surface area contributed by atoms with Crippen molar-refractivity contribution in [3.63, 3.8) is 0 Å². The zero-order chi connectivity index (χ0) is 7.49. The summed E-state index contributed by atoms with van der Waals surface area (Å²) in [4.78, 5) is 0. The molecule has 1 N–H and O–H groups in total. The quantitative estimate of drug-likeness (QED) is 0.660. The average Bonchev–Trinajstić information content (AvgIpc) is 1.63. The Morgan fingerprint density at radius 3 is 2.22 bits per heavy atom. The summed E-state index contributed by atoms with van der Waals surface area (Å²) in [5, 5.41) is 8.44. The fraction of sp³-hybridized carbons (Fsp3) is 1.00. The van der Waals surface area contributed by atoms with Gasteiger partial charge in [-0.05, 0) is 0 Å². The van der Waals surface area contributed by atoms with Crippen molar-refractivity contribution < 1.29 is 9.32 Å². The van der Waals surface area contributed by atoms with Crippen LogP contribution in [0, 0.1) is 0 Å². The molecule has 56 valence electrons. The number of hydrogen-bond acceptors (Lipinski definition) is 2. The Morgan fingerprint density at radius 1 is 1.67 bits per heavy atom. The molecule has 0 bridgehead atoms. The largest absolute Gasteiger partial charge is 0.393 e. The Bertz CT molecular complexity index is 115. The molecule has 0 spiro atoms. The van der Waals surface area contributed by atoms with Gasteiger partial charge >= 0.3 is 0 Å². The molecule has 0 heterocycles. The van der Waals surface area contributed by atoms with Gasteiger partial charge in [0.2, 0.25) is 0 Å². The van der Waals surface area contributed by atoms with E-state index in [-0.39, 0.29) is 12.4 Å². The Labute approximate surface area is 66.6 Å². The van der Waals surface area contributed by atoms with Crippen LogP contribution in [0.5, 0.6) is 0 Å². The van der Waals surface area contributed by atoms with Crippen LogP contribution in [0.25, 0.3) is 0 Å². The second-order valence-corrected chi connectivity index (χ2v) is 4.81. The summed E-state index contributed by atoms with van der Waals surface area (Å²) in [6.07, 6.45) is 1.48. The average molecular weight is 191 g/mol. The van der Waals surface area contributed by atoms with Crippen LogP contribution in [0.1, 0.15) is 0 Å². The molecule has 0 saturated heterocycles. The fourth-order valence-electron chi connectivity index (χ4n) is 0.343. The molecule has 1 atom stereocenters. The topological polar surface area (TPSA) is 37.3 Å². The van der Waals surface area contributed by atoms with Crippen molar-refractivity contribution in [2.24, 2.45) is 0 Å². The van der Waals surface area contributed by atoms with Gasteiger partial charge in [0.05, 0.1) is 12.4 Å². The van der Waals surface area contributed by atoms with E-state index in [1.54, 1.807) is 0 Å². The van der Waals surface area contributed by atoms with Gasteiger partial charge < -0.3 is 5.11 Å². The third-order valence-corrected chi connectivity index (χ3v) is 2.37. The molecule has 0 fully saturated rings. The molecule has 0 aromatic rings. The number of halogens is 2. The van der Waals surface area contributed by atoms with Gasteiger partial charge in [-0.1, -0.05) is 23.2 Å². The van der Waals surface area contributed by atoms with Gasteiger partial charge in [0, 0.05) is 17.1 Å². The van der Waals surface area contributed by atoms with Crippen LogP contribution < -0.4 is 0 Å². The number of aliphatic hydroxyl groups is 1. The van der Waals surface area contributed by atoms with Gasteiger partial charge in [0.1, 0.15) is 0 Å². The van der Waals surface area contributed by atoms with Gasteiger partial charge in [0.25, 0.3) is 0 Å². The predicted molar refractivity (Wildman–Crippen MR) is 40.5 cm³/mol. The summed E-state index contributed by atoms with van der Waals surface area (Å²) in [5.41, 5.74) is 0. The van der Waals surface area contributed by atoms with Crippen LogP contribution in [0.4, 0.5) is 0 Å². The van der Waals surface area contributed by atoms with Gasteiger partial charge in [-0.25, -0.2) is 0 Å². The molecular weight excluding hydrogens is 183 g/mol. The Kier molecular flexibility index (Phi) is 4.05. The van der Waals surface area contributed by atoms with E-state index in [0.29, 0.717) is 0 Å². The standard InChI is InChI=1S/C4H8Cl2O2S/c1-9(8)3-4(5,6)2-7/h7H,2-3H2,1H3. The Morgan fingerprint density at radius 2 is 2.11 bits per heavy atom. The first-order chi connectivity index (χ1) is 3.98. The van der Waals surface area contributed by atoms with Crippen molar-refractivity contribution in [1.82, 2.24) is 0 Å². The van der Waals surface area contributed by atoms with Crippen LogP contribution in [0.2, 0.25) is 0 Å². The first kappa shape index (κ1) is 9.69. The predicted octanol–water partition coefficient (Wildman–Crippen LogP) is 0.531. The minimum Gasteiger partial charge on any atom is -0.393 e. The molecule has 0 saturated carbocycles. The number of aliphatic hydroxyl groups excluding tert-OH is 1. The molecule has 0 aliphatic carbocycles. The van der Waals surface area contributed by atoms with Crippen LogP contribution >= 0.6 is 23.2 Å². The van der Waals surface area contributed by atoms with E-state index in [4.69, 9.17) is 28.3 Å². The molecule has 9 heavy (non-hydrogen) atoms. The number of rotatable bonds is 3. The minimum absolute atomic E-state index is 0.104. The first-order valence-corrected chi connectivity index (χ1v) is 4.75. The molecule has 2 nitrogen and oxygen atoms in total. The smallest absolute Gasteiger partial charge is 0.152 e. The summed E-state index contributed by atoms with van der Waals surface area (Å²) < 4.78 is 9.21. The maximum absolute atomic E-state index is 10.4. The number of alkyl halides is 2. The molecule has 5 heteroatoms. The molecule has 0 aromatic heterocycles. The summed E-state index contributed by atoms with van der Waals surface area (Å²) in [5.74, 6) is 0.104. The van der Waals surface area contributed by atoms with E-state index in [2.05, 4.69) is 0 Å². The van der Waals surface area contributed by atoms with Gasteiger partial charge in [0.15, 0.2) is 4.33 Å². The van der Waals surface area contributed by atoms with Crippen molar-refractivity contribution in [3.05, 3.63) is 0 Å². The fourth-order valence-corrected chi connectivity index (χ4v) is 1.95. The van der Waals surface area contributed by atoms with Crippen LogP contribution in [-0.2, 0) is 10.8 Å². The summed E-state index contributed by atoms with van der Waals surface area (Å²) in [6.45, 7) is -0.365. The van der Waals surface area contributed by atoms with Gasteiger partial charge in [-0.3, -0.25) is 4.21 Å². The normalized spacial score (nSPS) is 15.6. The van der Waals surface area contributed by atoms with E-state index >= 15 is 0 Å². The highest BCUT2D eigenvalue weighted by Crippen LogP contribution is 2.20. The molecule has 0 radical (unpaired) electrons. The highest BCUT2D eigenvalue weighted by atomic mass is 35.5. The highest BCUT2D eigenvalue weighted by Gasteiger charge is 2.23. The van der Waals surface area contributed by atoms with Crippen molar-refractivity contribution >= 4 is 34.0 Å². The molecule has 0 aliphatic heterocycles. The van der Waals surface area contributed by atoms with Crippen LogP contribution in [0.15, 0.2) is 0 Å². The van der Waals surface area contributed by atoms with Gasteiger partial charge in [-0.15, -0.1) is 0 Å².